The van der Waals surface area contributed by atoms with Gasteiger partial charge in [-0.3, -0.25) is 0 Å². The Morgan fingerprint density at radius 3 is 2.72 bits per heavy atom. The number of halogens is 2. The van der Waals surface area contributed by atoms with Gasteiger partial charge in [0, 0.05) is 16.6 Å². The van der Waals surface area contributed by atoms with Gasteiger partial charge < -0.3 is 9.47 Å². The van der Waals surface area contributed by atoms with Crippen LogP contribution in [0.5, 0.6) is 0 Å². The molecular formula is C14H18BrIO2. The molecule has 0 aromatic heterocycles. The minimum absolute atomic E-state index is 0.0324. The van der Waals surface area contributed by atoms with Crippen molar-refractivity contribution in [1.82, 2.24) is 0 Å². The van der Waals surface area contributed by atoms with Crippen molar-refractivity contribution in [2.45, 2.75) is 25.7 Å². The van der Waals surface area contributed by atoms with Crippen molar-refractivity contribution in [1.29, 1.82) is 0 Å². The van der Waals surface area contributed by atoms with E-state index in [1.165, 1.54) is 9.13 Å². The van der Waals surface area contributed by atoms with Crippen LogP contribution in [-0.4, -0.2) is 24.3 Å². The highest BCUT2D eigenvalue weighted by molar-refractivity contribution is 14.1. The molecule has 0 aliphatic rings. The summed E-state index contributed by atoms with van der Waals surface area (Å²) in [6.07, 6.45) is 2.39. The molecule has 0 bridgehead atoms. The third kappa shape index (κ3) is 5.38. The molecule has 0 spiro atoms. The largest absolute Gasteiger partial charge is 0.352 e. The van der Waals surface area contributed by atoms with Crippen molar-refractivity contribution in [3.8, 4) is 0 Å². The van der Waals surface area contributed by atoms with Crippen molar-refractivity contribution in [2.24, 2.45) is 0 Å². The highest BCUT2D eigenvalue weighted by Gasteiger charge is 2.14. The van der Waals surface area contributed by atoms with Gasteiger partial charge in [-0.2, -0.15) is 0 Å². The molecule has 2 atom stereocenters. The van der Waals surface area contributed by atoms with Gasteiger partial charge in [0.1, 0.15) is 0 Å². The molecule has 0 saturated carbocycles. The first-order chi connectivity index (χ1) is 8.71. The number of hydrogen-bond acceptors (Lipinski definition) is 2. The number of ether oxygens (including phenoxy) is 2. The van der Waals surface area contributed by atoms with Crippen LogP contribution < -0.4 is 0 Å². The average Bonchev–Trinajstić information content (AvgIpc) is 2.39. The van der Waals surface area contributed by atoms with E-state index < -0.39 is 0 Å². The van der Waals surface area contributed by atoms with Gasteiger partial charge in [0.2, 0.25) is 0 Å². The van der Waals surface area contributed by atoms with Gasteiger partial charge in [-0.25, -0.2) is 0 Å². The first-order valence-corrected chi connectivity index (χ1v) is 8.10. The molecular weight excluding hydrogens is 407 g/mol. The molecule has 0 aliphatic carbocycles. The Balaban J connectivity index is 2.62. The van der Waals surface area contributed by atoms with E-state index in [-0.39, 0.29) is 12.4 Å². The van der Waals surface area contributed by atoms with E-state index in [9.17, 15) is 0 Å². The fourth-order valence-corrected chi connectivity index (χ4v) is 2.52. The number of alkyl halides is 1. The van der Waals surface area contributed by atoms with E-state index in [1.54, 1.807) is 0 Å². The summed E-state index contributed by atoms with van der Waals surface area (Å²) in [6.45, 7) is 6.44. The summed E-state index contributed by atoms with van der Waals surface area (Å²) in [5, 5.41) is 0.664. The predicted octanol–water partition coefficient (Wildman–Crippen LogP) is 4.16. The molecule has 0 N–H and O–H groups in total. The quantitative estimate of drug-likeness (QED) is 0.270. The minimum atomic E-state index is -0.223. The summed E-state index contributed by atoms with van der Waals surface area (Å²) in [5.74, 6) is 0. The predicted molar refractivity (Wildman–Crippen MR) is 87.1 cm³/mol. The lowest BCUT2D eigenvalue weighted by atomic mass is 10.1. The smallest absolute Gasteiger partial charge is 0.167 e. The maximum absolute atomic E-state index is 5.86. The van der Waals surface area contributed by atoms with E-state index in [2.05, 4.69) is 57.2 Å². The second kappa shape index (κ2) is 9.07. The van der Waals surface area contributed by atoms with Crippen molar-refractivity contribution in [2.75, 3.05) is 11.9 Å². The summed E-state index contributed by atoms with van der Waals surface area (Å²) in [7, 11) is 0. The second-order valence-corrected chi connectivity index (χ2v) is 5.55. The SMILES string of the molecule is C=CC(Cc1ccccc1I)OC(CBr)OCC. The molecule has 18 heavy (non-hydrogen) atoms. The molecule has 0 amide bonds. The average molecular weight is 425 g/mol. The Morgan fingerprint density at radius 2 is 2.17 bits per heavy atom. The zero-order chi connectivity index (χ0) is 13.4. The monoisotopic (exact) mass is 424 g/mol. The zero-order valence-electron chi connectivity index (χ0n) is 10.4. The minimum Gasteiger partial charge on any atom is -0.352 e. The fourth-order valence-electron chi connectivity index (χ4n) is 1.57. The van der Waals surface area contributed by atoms with Gasteiger partial charge in [-0.1, -0.05) is 40.2 Å². The van der Waals surface area contributed by atoms with Crippen LogP contribution in [0.2, 0.25) is 0 Å². The van der Waals surface area contributed by atoms with Crippen LogP contribution in [0.25, 0.3) is 0 Å². The first kappa shape index (κ1) is 16.1. The van der Waals surface area contributed by atoms with Gasteiger partial charge in [0.05, 0.1) is 11.4 Å². The molecule has 4 heteroatoms. The molecule has 2 nitrogen and oxygen atoms in total. The van der Waals surface area contributed by atoms with Crippen LogP contribution in [0, 0.1) is 3.57 Å². The van der Waals surface area contributed by atoms with E-state index in [0.717, 1.165) is 6.42 Å². The number of rotatable bonds is 8. The van der Waals surface area contributed by atoms with E-state index in [4.69, 9.17) is 9.47 Å². The van der Waals surface area contributed by atoms with Crippen LogP contribution >= 0.6 is 38.5 Å². The molecule has 0 radical (unpaired) electrons. The summed E-state index contributed by atoms with van der Waals surface area (Å²) < 4.78 is 12.6. The number of hydrogen-bond donors (Lipinski definition) is 0. The Hall–Kier alpha value is 0.0900. The van der Waals surface area contributed by atoms with Gasteiger partial charge in [-0.05, 0) is 41.1 Å². The molecule has 1 aromatic carbocycles. The molecule has 100 valence electrons. The fraction of sp³-hybridized carbons (Fsp3) is 0.429. The normalized spacial score (nSPS) is 14.2. The molecule has 0 aliphatic heterocycles. The molecule has 1 aromatic rings. The molecule has 1 rings (SSSR count). The lowest BCUT2D eigenvalue weighted by molar-refractivity contribution is -0.141. The van der Waals surface area contributed by atoms with Crippen molar-refractivity contribution >= 4 is 38.5 Å². The van der Waals surface area contributed by atoms with Gasteiger partial charge in [0.15, 0.2) is 6.29 Å². The molecule has 0 fully saturated rings. The summed E-state index contributed by atoms with van der Waals surface area (Å²) >= 11 is 5.73. The van der Waals surface area contributed by atoms with E-state index in [0.29, 0.717) is 11.9 Å². The summed E-state index contributed by atoms with van der Waals surface area (Å²) in [4.78, 5) is 0. The number of benzene rings is 1. The Morgan fingerprint density at radius 1 is 1.44 bits per heavy atom. The Bertz CT molecular complexity index is 371. The van der Waals surface area contributed by atoms with Gasteiger partial charge in [-0.15, -0.1) is 6.58 Å². The van der Waals surface area contributed by atoms with Crippen LogP contribution in [0.4, 0.5) is 0 Å². The molecule has 0 saturated heterocycles. The summed E-state index contributed by atoms with van der Waals surface area (Å²) in [5.41, 5.74) is 1.27. The highest BCUT2D eigenvalue weighted by Crippen LogP contribution is 2.16. The lowest BCUT2D eigenvalue weighted by Crippen LogP contribution is -2.26. The third-order valence-electron chi connectivity index (χ3n) is 2.45. The van der Waals surface area contributed by atoms with Crippen LogP contribution in [0.3, 0.4) is 0 Å². The van der Waals surface area contributed by atoms with E-state index in [1.807, 2.05) is 25.1 Å². The highest BCUT2D eigenvalue weighted by atomic mass is 127. The van der Waals surface area contributed by atoms with Crippen LogP contribution in [0.15, 0.2) is 36.9 Å². The summed E-state index contributed by atoms with van der Waals surface area (Å²) in [6, 6.07) is 8.30. The van der Waals surface area contributed by atoms with Gasteiger partial charge >= 0.3 is 0 Å². The standard InChI is InChI=1S/C14H18BrIO2/c1-3-12(18-14(10-15)17-4-2)9-11-7-5-6-8-13(11)16/h3,5-8,12,14H,1,4,9-10H2,2H3. The molecule has 0 heterocycles. The maximum Gasteiger partial charge on any atom is 0.167 e. The molecule has 2 unspecified atom stereocenters. The van der Waals surface area contributed by atoms with Crippen molar-refractivity contribution < 1.29 is 9.47 Å². The van der Waals surface area contributed by atoms with Crippen LogP contribution in [0.1, 0.15) is 12.5 Å². The Labute approximate surface area is 131 Å². The van der Waals surface area contributed by atoms with Crippen molar-refractivity contribution in [3.63, 3.8) is 0 Å². The topological polar surface area (TPSA) is 18.5 Å². The zero-order valence-corrected chi connectivity index (χ0v) is 14.2. The third-order valence-corrected chi connectivity index (χ3v) is 4.03. The first-order valence-electron chi connectivity index (χ1n) is 5.90. The van der Waals surface area contributed by atoms with Crippen LogP contribution in [-0.2, 0) is 15.9 Å². The van der Waals surface area contributed by atoms with E-state index >= 15 is 0 Å². The lowest BCUT2D eigenvalue weighted by Gasteiger charge is -2.21. The van der Waals surface area contributed by atoms with Gasteiger partial charge in [0.25, 0.3) is 0 Å². The second-order valence-electron chi connectivity index (χ2n) is 3.74. The Kier molecular flexibility index (Phi) is 8.13. The van der Waals surface area contributed by atoms with Crippen molar-refractivity contribution in [3.05, 3.63) is 46.1 Å². The maximum atomic E-state index is 5.86.